The summed E-state index contributed by atoms with van der Waals surface area (Å²) in [6, 6.07) is -0.133. The second-order valence-electron chi connectivity index (χ2n) is 4.18. The largest absolute Gasteiger partial charge is 0.319 e. The first-order valence-electron chi connectivity index (χ1n) is 5.07. The molecule has 0 aromatic carbocycles. The molecule has 2 atom stereocenters. The summed E-state index contributed by atoms with van der Waals surface area (Å²) in [6.07, 6.45) is 2.85. The van der Waals surface area contributed by atoms with Gasteiger partial charge in [0.05, 0.1) is 11.8 Å². The fourth-order valence-electron chi connectivity index (χ4n) is 1.69. The fourth-order valence-corrected chi connectivity index (χ4v) is 2.69. The molecule has 1 aromatic heterocycles. The summed E-state index contributed by atoms with van der Waals surface area (Å²) >= 11 is 0. The SMILES string of the molecule is CC(CS(C)(=O)=O)NC(C)c1nncn1C. The number of hydrogen-bond acceptors (Lipinski definition) is 5. The van der Waals surface area contributed by atoms with E-state index >= 15 is 0 Å². The molecule has 1 aromatic rings. The quantitative estimate of drug-likeness (QED) is 0.785. The van der Waals surface area contributed by atoms with E-state index in [1.807, 2.05) is 25.5 Å². The Morgan fingerprint density at radius 3 is 2.56 bits per heavy atom. The zero-order chi connectivity index (χ0) is 12.3. The highest BCUT2D eigenvalue weighted by atomic mass is 32.2. The molecule has 0 aliphatic heterocycles. The van der Waals surface area contributed by atoms with Gasteiger partial charge in [0.15, 0.2) is 0 Å². The number of nitrogens with one attached hydrogen (secondary N) is 1. The van der Waals surface area contributed by atoms with Crippen LogP contribution in [0.5, 0.6) is 0 Å². The Bertz CT molecular complexity index is 440. The van der Waals surface area contributed by atoms with Crippen molar-refractivity contribution in [1.82, 2.24) is 20.1 Å². The topological polar surface area (TPSA) is 76.9 Å². The van der Waals surface area contributed by atoms with Crippen LogP contribution in [-0.4, -0.2) is 41.2 Å². The van der Waals surface area contributed by atoms with Crippen molar-refractivity contribution in [2.45, 2.75) is 25.9 Å². The predicted octanol–water partition coefficient (Wildman–Crippen LogP) is -0.101. The van der Waals surface area contributed by atoms with Gasteiger partial charge in [-0.15, -0.1) is 10.2 Å². The summed E-state index contributed by atoms with van der Waals surface area (Å²) < 4.78 is 24.0. The highest BCUT2D eigenvalue weighted by Gasteiger charge is 2.16. The molecule has 2 unspecified atom stereocenters. The normalized spacial score (nSPS) is 16.0. The van der Waals surface area contributed by atoms with Crippen molar-refractivity contribution in [2.24, 2.45) is 7.05 Å². The molecule has 1 heterocycles. The molecule has 0 bridgehead atoms. The van der Waals surface area contributed by atoms with Crippen molar-refractivity contribution in [2.75, 3.05) is 12.0 Å². The van der Waals surface area contributed by atoms with Crippen molar-refractivity contribution in [3.05, 3.63) is 12.2 Å². The van der Waals surface area contributed by atoms with E-state index in [-0.39, 0.29) is 17.8 Å². The van der Waals surface area contributed by atoms with Crippen LogP contribution in [0.4, 0.5) is 0 Å². The van der Waals surface area contributed by atoms with Gasteiger partial charge in [-0.25, -0.2) is 8.42 Å². The number of sulfone groups is 1. The predicted molar refractivity (Wildman–Crippen MR) is 61.7 cm³/mol. The number of aryl methyl sites for hydroxylation is 1. The molecule has 0 fully saturated rings. The van der Waals surface area contributed by atoms with Crippen LogP contribution in [0.15, 0.2) is 6.33 Å². The van der Waals surface area contributed by atoms with E-state index in [0.717, 1.165) is 5.82 Å². The molecule has 16 heavy (non-hydrogen) atoms. The Balaban J connectivity index is 2.59. The number of rotatable bonds is 5. The zero-order valence-electron chi connectivity index (χ0n) is 10.0. The molecule has 1 rings (SSSR count). The van der Waals surface area contributed by atoms with Crippen LogP contribution in [0.1, 0.15) is 25.7 Å². The number of nitrogens with zero attached hydrogens (tertiary/aromatic N) is 3. The lowest BCUT2D eigenvalue weighted by atomic mass is 10.2. The molecule has 7 heteroatoms. The third kappa shape index (κ3) is 3.90. The molecule has 0 amide bonds. The van der Waals surface area contributed by atoms with Gasteiger partial charge in [-0.1, -0.05) is 0 Å². The van der Waals surface area contributed by atoms with Crippen molar-refractivity contribution in [3.63, 3.8) is 0 Å². The van der Waals surface area contributed by atoms with Crippen molar-refractivity contribution in [3.8, 4) is 0 Å². The standard InChI is InChI=1S/C9H18N4O2S/c1-7(5-16(4,14)15)11-8(2)9-12-10-6-13(9)3/h6-8,11H,5H2,1-4H3. The third-order valence-electron chi connectivity index (χ3n) is 2.22. The molecular formula is C9H18N4O2S. The van der Waals surface area contributed by atoms with Gasteiger partial charge in [0.25, 0.3) is 0 Å². The van der Waals surface area contributed by atoms with Crippen LogP contribution >= 0.6 is 0 Å². The van der Waals surface area contributed by atoms with E-state index < -0.39 is 9.84 Å². The van der Waals surface area contributed by atoms with Crippen LogP contribution in [0.3, 0.4) is 0 Å². The molecule has 6 nitrogen and oxygen atoms in total. The summed E-state index contributed by atoms with van der Waals surface area (Å²) in [5.74, 6) is 0.912. The molecule has 0 saturated heterocycles. The van der Waals surface area contributed by atoms with Gasteiger partial charge in [0.2, 0.25) is 0 Å². The summed E-state index contributed by atoms with van der Waals surface area (Å²) in [5.41, 5.74) is 0. The first kappa shape index (κ1) is 13.1. The average molecular weight is 246 g/mol. The Morgan fingerprint density at radius 1 is 1.50 bits per heavy atom. The summed E-state index contributed by atoms with van der Waals surface area (Å²) in [6.45, 7) is 3.77. The van der Waals surface area contributed by atoms with Gasteiger partial charge in [-0.05, 0) is 13.8 Å². The van der Waals surface area contributed by atoms with Gasteiger partial charge in [-0.2, -0.15) is 0 Å². The molecule has 1 N–H and O–H groups in total. The van der Waals surface area contributed by atoms with Gasteiger partial charge in [0, 0.05) is 19.3 Å². The second kappa shape index (κ2) is 4.92. The summed E-state index contributed by atoms with van der Waals surface area (Å²) in [4.78, 5) is 0. The molecule has 0 spiro atoms. The first-order chi connectivity index (χ1) is 7.29. The van der Waals surface area contributed by atoms with Gasteiger partial charge < -0.3 is 9.88 Å². The van der Waals surface area contributed by atoms with E-state index in [0.29, 0.717) is 0 Å². The number of hydrogen-bond donors (Lipinski definition) is 1. The van der Waals surface area contributed by atoms with E-state index in [4.69, 9.17) is 0 Å². The fraction of sp³-hybridized carbons (Fsp3) is 0.778. The van der Waals surface area contributed by atoms with Crippen LogP contribution < -0.4 is 5.32 Å². The Hall–Kier alpha value is -0.950. The minimum absolute atomic E-state index is 0.0238. The Labute approximate surface area is 96.0 Å². The molecule has 0 aliphatic carbocycles. The van der Waals surface area contributed by atoms with Crippen molar-refractivity contribution >= 4 is 9.84 Å². The lowest BCUT2D eigenvalue weighted by molar-refractivity contribution is 0.473. The molecule has 0 saturated carbocycles. The zero-order valence-corrected chi connectivity index (χ0v) is 10.8. The summed E-state index contributed by atoms with van der Waals surface area (Å²) in [7, 11) is -1.10. The van der Waals surface area contributed by atoms with E-state index in [1.165, 1.54) is 6.26 Å². The monoisotopic (exact) mass is 246 g/mol. The summed E-state index contributed by atoms with van der Waals surface area (Å²) in [5, 5.41) is 10.9. The molecular weight excluding hydrogens is 228 g/mol. The smallest absolute Gasteiger partial charge is 0.149 e. The van der Waals surface area contributed by atoms with Crippen LogP contribution in [0.2, 0.25) is 0 Å². The molecule has 0 radical (unpaired) electrons. The third-order valence-corrected chi connectivity index (χ3v) is 3.33. The molecule has 92 valence electrons. The first-order valence-corrected chi connectivity index (χ1v) is 7.13. The second-order valence-corrected chi connectivity index (χ2v) is 6.37. The minimum Gasteiger partial charge on any atom is -0.319 e. The van der Waals surface area contributed by atoms with E-state index in [1.54, 1.807) is 6.33 Å². The van der Waals surface area contributed by atoms with Gasteiger partial charge >= 0.3 is 0 Å². The minimum atomic E-state index is -2.95. The average Bonchev–Trinajstić information content (AvgIpc) is 2.47. The highest BCUT2D eigenvalue weighted by Crippen LogP contribution is 2.08. The van der Waals surface area contributed by atoms with Gasteiger partial charge in [-0.3, -0.25) is 0 Å². The van der Waals surface area contributed by atoms with Crippen molar-refractivity contribution in [1.29, 1.82) is 0 Å². The Morgan fingerprint density at radius 2 is 2.12 bits per heavy atom. The number of aromatic nitrogens is 3. The lowest BCUT2D eigenvalue weighted by Crippen LogP contribution is -2.35. The lowest BCUT2D eigenvalue weighted by Gasteiger charge is -2.18. The van der Waals surface area contributed by atoms with E-state index in [9.17, 15) is 8.42 Å². The van der Waals surface area contributed by atoms with Crippen LogP contribution in [-0.2, 0) is 16.9 Å². The maximum Gasteiger partial charge on any atom is 0.149 e. The van der Waals surface area contributed by atoms with E-state index in [2.05, 4.69) is 15.5 Å². The van der Waals surface area contributed by atoms with Crippen LogP contribution in [0, 0.1) is 0 Å². The molecule has 0 aliphatic rings. The van der Waals surface area contributed by atoms with Crippen LogP contribution in [0.25, 0.3) is 0 Å². The van der Waals surface area contributed by atoms with Gasteiger partial charge in [0.1, 0.15) is 22.0 Å². The maximum atomic E-state index is 11.1. The Kier molecular flexibility index (Phi) is 4.03. The maximum absolute atomic E-state index is 11.1. The highest BCUT2D eigenvalue weighted by molar-refractivity contribution is 7.90. The van der Waals surface area contributed by atoms with Crippen molar-refractivity contribution < 1.29 is 8.42 Å².